The summed E-state index contributed by atoms with van der Waals surface area (Å²) in [7, 11) is -3.65. The molecule has 0 unspecified atom stereocenters. The van der Waals surface area contributed by atoms with Crippen molar-refractivity contribution >= 4 is 50.7 Å². The largest absolute Gasteiger partial charge is 0.454 e. The van der Waals surface area contributed by atoms with Gasteiger partial charge < -0.3 is 19.7 Å². The van der Waals surface area contributed by atoms with Gasteiger partial charge in [0.05, 0.1) is 11.9 Å². The fourth-order valence-electron chi connectivity index (χ4n) is 4.32. The first-order chi connectivity index (χ1) is 18.6. The van der Waals surface area contributed by atoms with E-state index in [0.29, 0.717) is 45.8 Å². The number of benzene rings is 2. The summed E-state index contributed by atoms with van der Waals surface area (Å²) in [6.45, 7) is 4.56. The maximum Gasteiger partial charge on any atom is 0.242 e. The Morgan fingerprint density at radius 2 is 1.74 bits per heavy atom. The number of ether oxygens (including phenoxy) is 2. The molecule has 2 aromatic carbocycles. The van der Waals surface area contributed by atoms with Crippen LogP contribution in [0.2, 0.25) is 10.0 Å². The summed E-state index contributed by atoms with van der Waals surface area (Å²) >= 11 is 12.8. The van der Waals surface area contributed by atoms with Crippen LogP contribution in [0, 0.1) is 0 Å². The van der Waals surface area contributed by atoms with E-state index in [9.17, 15) is 18.0 Å². The number of carbonyl (C=O) groups is 2. The number of anilines is 1. The van der Waals surface area contributed by atoms with Gasteiger partial charge in [0.15, 0.2) is 11.5 Å². The molecule has 2 aromatic rings. The second-order valence-corrected chi connectivity index (χ2v) is 12.0. The Kier molecular flexibility index (Phi) is 11.1. The minimum absolute atomic E-state index is 0.0113. The lowest BCUT2D eigenvalue weighted by Gasteiger charge is -2.31. The van der Waals surface area contributed by atoms with Gasteiger partial charge in [-0.3, -0.25) is 13.9 Å². The van der Waals surface area contributed by atoms with Crippen molar-refractivity contribution in [3.63, 3.8) is 0 Å². The zero-order valence-electron chi connectivity index (χ0n) is 22.4. The predicted octanol–water partition coefficient (Wildman–Crippen LogP) is 4.99. The number of hydrogen-bond donors (Lipinski definition) is 1. The lowest BCUT2D eigenvalue weighted by molar-refractivity contribution is -0.141. The van der Waals surface area contributed by atoms with Crippen molar-refractivity contribution in [2.45, 2.75) is 58.5 Å². The van der Waals surface area contributed by atoms with Gasteiger partial charge in [0.2, 0.25) is 28.6 Å². The third kappa shape index (κ3) is 8.16. The molecule has 0 saturated carbocycles. The number of carbonyl (C=O) groups excluding carboxylic acids is 2. The molecule has 0 spiro atoms. The van der Waals surface area contributed by atoms with E-state index in [4.69, 9.17) is 32.7 Å². The van der Waals surface area contributed by atoms with Crippen molar-refractivity contribution in [3.8, 4) is 11.5 Å². The monoisotopic (exact) mass is 599 g/mol. The van der Waals surface area contributed by atoms with Gasteiger partial charge >= 0.3 is 0 Å². The number of hydrogen-bond acceptors (Lipinski definition) is 6. The molecule has 2 amide bonds. The topological polar surface area (TPSA) is 105 Å². The highest BCUT2D eigenvalue weighted by Gasteiger charge is 2.30. The number of halogens is 2. The summed E-state index contributed by atoms with van der Waals surface area (Å²) in [6.07, 6.45) is 3.48. The summed E-state index contributed by atoms with van der Waals surface area (Å²) in [4.78, 5) is 28.1. The third-order valence-corrected chi connectivity index (χ3v) is 8.30. The second kappa shape index (κ2) is 14.1. The number of sulfonamides is 1. The normalized spacial score (nSPS) is 13.2. The number of nitrogens with zero attached hydrogens (tertiary/aromatic N) is 2. The Morgan fingerprint density at radius 3 is 2.38 bits per heavy atom. The third-order valence-electron chi connectivity index (χ3n) is 6.40. The zero-order chi connectivity index (χ0) is 28.6. The Bertz CT molecular complexity index is 1250. The van der Waals surface area contributed by atoms with Crippen molar-refractivity contribution in [2.75, 3.05) is 30.4 Å². The van der Waals surface area contributed by atoms with E-state index in [0.717, 1.165) is 19.1 Å². The van der Waals surface area contributed by atoms with E-state index >= 15 is 0 Å². The van der Waals surface area contributed by atoms with Crippen LogP contribution in [-0.4, -0.2) is 57.3 Å². The highest BCUT2D eigenvalue weighted by molar-refractivity contribution is 7.92. The van der Waals surface area contributed by atoms with Gasteiger partial charge in [-0.1, -0.05) is 49.5 Å². The van der Waals surface area contributed by atoms with Crippen LogP contribution in [0.3, 0.4) is 0 Å². The van der Waals surface area contributed by atoms with Crippen LogP contribution < -0.4 is 19.1 Å². The number of nitrogens with one attached hydrogen (secondary N) is 1. The zero-order valence-corrected chi connectivity index (χ0v) is 24.7. The minimum atomic E-state index is -3.65. The maximum atomic E-state index is 13.6. The first-order valence-corrected chi connectivity index (χ1v) is 15.5. The molecule has 0 radical (unpaired) electrons. The number of fused-ring (bicyclic) bond motifs is 1. The Labute approximate surface area is 240 Å². The van der Waals surface area contributed by atoms with Gasteiger partial charge in [0, 0.05) is 47.7 Å². The number of amides is 2. The molecule has 1 N–H and O–H groups in total. The summed E-state index contributed by atoms with van der Waals surface area (Å²) in [5.74, 6) is 0.446. The SMILES string of the molecule is CCCCNC(=O)[C@@H](CC)N(Cc1c(Cl)cccc1Cl)C(=O)CCCN(c1ccc2c(c1)OCO2)S(C)(=O)=O. The molecule has 0 aliphatic carbocycles. The van der Waals surface area contributed by atoms with Gasteiger partial charge in [-0.05, 0) is 43.5 Å². The predicted molar refractivity (Wildman–Crippen MR) is 153 cm³/mol. The average molecular weight is 601 g/mol. The van der Waals surface area contributed by atoms with E-state index in [2.05, 4.69) is 5.32 Å². The van der Waals surface area contributed by atoms with Crippen LogP contribution in [-0.2, 0) is 26.2 Å². The van der Waals surface area contributed by atoms with Crippen molar-refractivity contribution in [3.05, 3.63) is 52.0 Å². The lowest BCUT2D eigenvalue weighted by Crippen LogP contribution is -2.49. The summed E-state index contributed by atoms with van der Waals surface area (Å²) in [6, 6.07) is 9.23. The van der Waals surface area contributed by atoms with Gasteiger partial charge in [0.25, 0.3) is 0 Å². The van der Waals surface area contributed by atoms with E-state index in [1.54, 1.807) is 36.4 Å². The van der Waals surface area contributed by atoms with Crippen LogP contribution in [0.4, 0.5) is 5.69 Å². The van der Waals surface area contributed by atoms with Gasteiger partial charge in [-0.15, -0.1) is 0 Å². The van der Waals surface area contributed by atoms with Crippen LogP contribution >= 0.6 is 23.2 Å². The molecule has 12 heteroatoms. The average Bonchev–Trinajstić information content (AvgIpc) is 3.35. The molecule has 3 rings (SSSR count). The molecule has 9 nitrogen and oxygen atoms in total. The standard InChI is InChI=1S/C27H35Cl2N3O6S/c1-4-6-14-30-27(34)23(5-2)31(17-20-21(28)9-7-10-22(20)29)26(33)11-8-15-32(39(3,35)36)19-12-13-24-25(16-19)38-18-37-24/h7,9-10,12-13,16,23H,4-6,8,11,14-15,17-18H2,1-3H3,(H,30,34)/t23-/m1/s1. The van der Waals surface area contributed by atoms with Crippen molar-refractivity contribution in [1.82, 2.24) is 10.2 Å². The van der Waals surface area contributed by atoms with Crippen LogP contribution in [0.5, 0.6) is 11.5 Å². The Morgan fingerprint density at radius 1 is 1.05 bits per heavy atom. The van der Waals surface area contributed by atoms with Crippen molar-refractivity contribution in [1.29, 1.82) is 0 Å². The fraction of sp³-hybridized carbons (Fsp3) is 0.481. The molecule has 1 aliphatic heterocycles. The first-order valence-electron chi connectivity index (χ1n) is 12.9. The quantitative estimate of drug-likeness (QED) is 0.307. The molecular weight excluding hydrogens is 565 g/mol. The lowest BCUT2D eigenvalue weighted by atomic mass is 10.1. The van der Waals surface area contributed by atoms with E-state index in [1.807, 2.05) is 13.8 Å². The van der Waals surface area contributed by atoms with Crippen LogP contribution in [0.25, 0.3) is 0 Å². The van der Waals surface area contributed by atoms with Crippen LogP contribution in [0.15, 0.2) is 36.4 Å². The van der Waals surface area contributed by atoms with E-state index in [-0.39, 0.29) is 44.5 Å². The molecule has 0 saturated heterocycles. The number of unbranched alkanes of at least 4 members (excludes halogenated alkanes) is 1. The van der Waals surface area contributed by atoms with Crippen molar-refractivity contribution in [2.24, 2.45) is 0 Å². The van der Waals surface area contributed by atoms with Crippen molar-refractivity contribution < 1.29 is 27.5 Å². The Balaban J connectivity index is 1.78. The first kappa shape index (κ1) is 30.8. The van der Waals surface area contributed by atoms with Gasteiger partial charge in [-0.2, -0.15) is 0 Å². The molecule has 1 aliphatic rings. The van der Waals surface area contributed by atoms with E-state index in [1.165, 1.54) is 9.21 Å². The molecular formula is C27H35Cl2N3O6S. The molecule has 214 valence electrons. The summed E-state index contributed by atoms with van der Waals surface area (Å²) in [5, 5.41) is 3.70. The van der Waals surface area contributed by atoms with E-state index < -0.39 is 16.1 Å². The fourth-order valence-corrected chi connectivity index (χ4v) is 5.80. The molecule has 1 atom stereocenters. The van der Waals surface area contributed by atoms with Gasteiger partial charge in [-0.25, -0.2) is 8.42 Å². The van der Waals surface area contributed by atoms with Gasteiger partial charge in [0.1, 0.15) is 6.04 Å². The number of rotatable bonds is 14. The smallest absolute Gasteiger partial charge is 0.242 e. The highest BCUT2D eigenvalue weighted by atomic mass is 35.5. The molecule has 0 aromatic heterocycles. The molecule has 1 heterocycles. The second-order valence-electron chi connectivity index (χ2n) is 9.27. The maximum absolute atomic E-state index is 13.6. The highest BCUT2D eigenvalue weighted by Crippen LogP contribution is 2.36. The molecule has 0 fully saturated rings. The molecule has 0 bridgehead atoms. The van der Waals surface area contributed by atoms with Crippen LogP contribution in [0.1, 0.15) is 51.5 Å². The molecule has 39 heavy (non-hydrogen) atoms. The Hall–Kier alpha value is -2.69. The summed E-state index contributed by atoms with van der Waals surface area (Å²) < 4.78 is 37.1. The minimum Gasteiger partial charge on any atom is -0.454 e. The summed E-state index contributed by atoms with van der Waals surface area (Å²) in [5.41, 5.74) is 0.961.